The summed E-state index contributed by atoms with van der Waals surface area (Å²) in [6, 6.07) is 9.33. The first-order chi connectivity index (χ1) is 6.83. The SMILES string of the molecule is COc1c(=O)nccc2ccccc12. The van der Waals surface area contributed by atoms with Gasteiger partial charge in [0.1, 0.15) is 0 Å². The van der Waals surface area contributed by atoms with E-state index < -0.39 is 0 Å². The van der Waals surface area contributed by atoms with Gasteiger partial charge in [-0.25, -0.2) is 4.98 Å². The van der Waals surface area contributed by atoms with Crippen molar-refractivity contribution in [3.8, 4) is 5.75 Å². The third kappa shape index (κ3) is 1.33. The van der Waals surface area contributed by atoms with Crippen LogP contribution in [0.15, 0.2) is 41.3 Å². The molecule has 0 unspecified atom stereocenters. The highest BCUT2D eigenvalue weighted by atomic mass is 16.5. The molecule has 0 bridgehead atoms. The molecule has 0 amide bonds. The summed E-state index contributed by atoms with van der Waals surface area (Å²) < 4.78 is 5.04. The number of fused-ring (bicyclic) bond motifs is 1. The highest BCUT2D eigenvalue weighted by molar-refractivity contribution is 5.86. The van der Waals surface area contributed by atoms with Gasteiger partial charge in [-0.3, -0.25) is 4.79 Å². The Kier molecular flexibility index (Phi) is 2.14. The lowest BCUT2D eigenvalue weighted by Crippen LogP contribution is -2.05. The molecule has 1 aromatic carbocycles. The summed E-state index contributed by atoms with van der Waals surface area (Å²) in [6.07, 6.45) is 1.49. The molecule has 0 saturated heterocycles. The van der Waals surface area contributed by atoms with Crippen molar-refractivity contribution in [1.82, 2.24) is 4.98 Å². The second kappa shape index (κ2) is 3.46. The van der Waals surface area contributed by atoms with Crippen molar-refractivity contribution in [2.24, 2.45) is 0 Å². The number of hydrogen-bond donors (Lipinski definition) is 0. The van der Waals surface area contributed by atoms with Gasteiger partial charge in [0, 0.05) is 11.6 Å². The first-order valence-electron chi connectivity index (χ1n) is 4.25. The number of aromatic nitrogens is 1. The number of methoxy groups -OCH3 is 1. The molecule has 0 saturated carbocycles. The predicted octanol–water partition coefficient (Wildman–Crippen LogP) is 1.60. The summed E-state index contributed by atoms with van der Waals surface area (Å²) in [5.74, 6) is 0.297. The Bertz CT molecular complexity index is 523. The normalized spacial score (nSPS) is 10.1. The first kappa shape index (κ1) is 8.69. The Hall–Kier alpha value is -1.90. The second-order valence-corrected chi connectivity index (χ2v) is 2.87. The molecule has 0 N–H and O–H groups in total. The van der Waals surface area contributed by atoms with Crippen LogP contribution in [0.4, 0.5) is 0 Å². The van der Waals surface area contributed by atoms with E-state index in [2.05, 4.69) is 4.98 Å². The minimum absolute atomic E-state index is 0.297. The monoisotopic (exact) mass is 187 g/mol. The van der Waals surface area contributed by atoms with Gasteiger partial charge in [0.05, 0.1) is 7.11 Å². The van der Waals surface area contributed by atoms with Crippen molar-refractivity contribution in [1.29, 1.82) is 0 Å². The Morgan fingerprint density at radius 1 is 1.21 bits per heavy atom. The second-order valence-electron chi connectivity index (χ2n) is 2.87. The van der Waals surface area contributed by atoms with Gasteiger partial charge in [0.25, 0.3) is 0 Å². The van der Waals surface area contributed by atoms with Crippen molar-refractivity contribution in [2.75, 3.05) is 7.11 Å². The maximum atomic E-state index is 11.4. The van der Waals surface area contributed by atoms with E-state index in [1.165, 1.54) is 13.3 Å². The van der Waals surface area contributed by atoms with E-state index in [4.69, 9.17) is 4.74 Å². The lowest BCUT2D eigenvalue weighted by Gasteiger charge is -1.97. The van der Waals surface area contributed by atoms with Crippen LogP contribution in [-0.2, 0) is 0 Å². The van der Waals surface area contributed by atoms with Crippen LogP contribution in [0.25, 0.3) is 10.8 Å². The van der Waals surface area contributed by atoms with Gasteiger partial charge in [-0.05, 0) is 11.5 Å². The molecule has 3 nitrogen and oxygen atoms in total. The van der Waals surface area contributed by atoms with Gasteiger partial charge in [0.15, 0.2) is 5.75 Å². The molecule has 70 valence electrons. The zero-order valence-corrected chi connectivity index (χ0v) is 7.73. The van der Waals surface area contributed by atoms with E-state index in [9.17, 15) is 4.79 Å². The van der Waals surface area contributed by atoms with Gasteiger partial charge in [-0.15, -0.1) is 0 Å². The van der Waals surface area contributed by atoms with Crippen LogP contribution in [0.5, 0.6) is 5.75 Å². The lowest BCUT2D eigenvalue weighted by atomic mass is 10.2. The largest absolute Gasteiger partial charge is 0.491 e. The van der Waals surface area contributed by atoms with Gasteiger partial charge >= 0.3 is 5.56 Å². The maximum Gasteiger partial charge on any atom is 0.312 e. The summed E-state index contributed by atoms with van der Waals surface area (Å²) in [4.78, 5) is 15.1. The lowest BCUT2D eigenvalue weighted by molar-refractivity contribution is 0.414. The molecule has 3 heteroatoms. The molecular weight excluding hydrogens is 178 g/mol. The fourth-order valence-electron chi connectivity index (χ4n) is 1.41. The quantitative estimate of drug-likeness (QED) is 0.680. The van der Waals surface area contributed by atoms with Crippen LogP contribution < -0.4 is 10.3 Å². The Balaban J connectivity index is 2.99. The Labute approximate surface area is 81.0 Å². The van der Waals surface area contributed by atoms with Crippen LogP contribution >= 0.6 is 0 Å². The molecule has 2 rings (SSSR count). The van der Waals surface area contributed by atoms with E-state index in [0.29, 0.717) is 5.75 Å². The molecule has 1 heterocycles. The summed E-state index contributed by atoms with van der Waals surface area (Å²) in [7, 11) is 1.48. The van der Waals surface area contributed by atoms with E-state index in [1.807, 2.05) is 24.3 Å². The fraction of sp³-hybridized carbons (Fsp3) is 0.0909. The van der Waals surface area contributed by atoms with E-state index in [0.717, 1.165) is 10.8 Å². The molecule has 0 spiro atoms. The molecule has 14 heavy (non-hydrogen) atoms. The number of ether oxygens (including phenoxy) is 1. The molecule has 0 aliphatic heterocycles. The third-order valence-corrected chi connectivity index (χ3v) is 2.05. The van der Waals surface area contributed by atoms with Gasteiger partial charge in [-0.2, -0.15) is 0 Å². The summed E-state index contributed by atoms with van der Waals surface area (Å²) >= 11 is 0. The van der Waals surface area contributed by atoms with Crippen LogP contribution in [0, 0.1) is 0 Å². The topological polar surface area (TPSA) is 39.2 Å². The van der Waals surface area contributed by atoms with Gasteiger partial charge in [0.2, 0.25) is 0 Å². The van der Waals surface area contributed by atoms with Crippen molar-refractivity contribution >= 4 is 10.8 Å². The van der Waals surface area contributed by atoms with Crippen LogP contribution in [0.3, 0.4) is 0 Å². The predicted molar refractivity (Wildman–Crippen MR) is 54.6 cm³/mol. The zero-order chi connectivity index (χ0) is 9.97. The van der Waals surface area contributed by atoms with Crippen molar-refractivity contribution < 1.29 is 4.74 Å². The minimum atomic E-state index is -0.339. The summed E-state index contributed by atoms with van der Waals surface area (Å²) in [5, 5.41) is 1.73. The standard InChI is InChI=1S/C11H9NO2/c1-14-10-9-5-3-2-4-8(9)6-7-12-11(10)13/h2-7H,1H3. The van der Waals surface area contributed by atoms with E-state index in [1.54, 1.807) is 6.07 Å². The molecule has 0 atom stereocenters. The van der Waals surface area contributed by atoms with Crippen molar-refractivity contribution in [3.63, 3.8) is 0 Å². The number of rotatable bonds is 1. The highest BCUT2D eigenvalue weighted by Crippen LogP contribution is 2.18. The fourth-order valence-corrected chi connectivity index (χ4v) is 1.41. The number of nitrogens with zero attached hydrogens (tertiary/aromatic N) is 1. The molecule has 1 aromatic heterocycles. The molecule has 0 aliphatic rings. The first-order valence-corrected chi connectivity index (χ1v) is 4.25. The minimum Gasteiger partial charge on any atom is -0.491 e. The number of benzene rings is 1. The van der Waals surface area contributed by atoms with Crippen LogP contribution in [0.2, 0.25) is 0 Å². The van der Waals surface area contributed by atoms with Crippen LogP contribution in [0.1, 0.15) is 0 Å². The summed E-state index contributed by atoms with van der Waals surface area (Å²) in [5.41, 5.74) is -0.339. The van der Waals surface area contributed by atoms with Gasteiger partial charge in [-0.1, -0.05) is 24.3 Å². The van der Waals surface area contributed by atoms with Crippen molar-refractivity contribution in [2.45, 2.75) is 0 Å². The van der Waals surface area contributed by atoms with E-state index >= 15 is 0 Å². The third-order valence-electron chi connectivity index (χ3n) is 2.05. The molecular formula is C11H9NO2. The molecule has 0 radical (unpaired) electrons. The molecule has 0 aliphatic carbocycles. The smallest absolute Gasteiger partial charge is 0.312 e. The number of hydrogen-bond acceptors (Lipinski definition) is 3. The Morgan fingerprint density at radius 2 is 2.00 bits per heavy atom. The maximum absolute atomic E-state index is 11.4. The molecule has 0 fully saturated rings. The zero-order valence-electron chi connectivity index (χ0n) is 7.73. The average molecular weight is 187 g/mol. The summed E-state index contributed by atoms with van der Waals surface area (Å²) in [6.45, 7) is 0. The van der Waals surface area contributed by atoms with Crippen LogP contribution in [-0.4, -0.2) is 12.1 Å². The Morgan fingerprint density at radius 3 is 2.79 bits per heavy atom. The highest BCUT2D eigenvalue weighted by Gasteiger charge is 2.03. The van der Waals surface area contributed by atoms with Gasteiger partial charge < -0.3 is 4.74 Å². The van der Waals surface area contributed by atoms with Crippen molar-refractivity contribution in [3.05, 3.63) is 46.9 Å². The van der Waals surface area contributed by atoms with E-state index in [-0.39, 0.29) is 5.56 Å². The average Bonchev–Trinajstić information content (AvgIpc) is 2.36. The molecule has 2 aromatic rings.